The molecular weight excluding hydrogens is 474 g/mol. The average molecular weight is 504 g/mol. The molecule has 3 aromatic rings. The molecule has 36 heavy (non-hydrogen) atoms. The van der Waals surface area contributed by atoms with E-state index >= 15 is 0 Å². The Kier molecular flexibility index (Phi) is 7.95. The molecule has 0 saturated carbocycles. The number of hydrogen-bond donors (Lipinski definition) is 1. The molecule has 2 unspecified atom stereocenters. The molecule has 0 saturated heterocycles. The summed E-state index contributed by atoms with van der Waals surface area (Å²) in [5.74, 6) is -2.20. The third-order valence-corrected chi connectivity index (χ3v) is 6.69. The van der Waals surface area contributed by atoms with Gasteiger partial charge < -0.3 is 14.8 Å². The molecule has 0 radical (unpaired) electrons. The fraction of sp³-hybridized carbons (Fsp3) is 0.286. The topological polar surface area (TPSA) is 89.9 Å². The summed E-state index contributed by atoms with van der Waals surface area (Å²) in [6.45, 7) is 7.55. The Morgan fingerprint density at radius 1 is 1.00 bits per heavy atom. The Labute approximate surface area is 214 Å². The third-order valence-electron chi connectivity index (χ3n) is 5.93. The zero-order chi connectivity index (χ0) is 25.7. The van der Waals surface area contributed by atoms with Gasteiger partial charge in [-0.3, -0.25) is 9.79 Å². The van der Waals surface area contributed by atoms with Crippen LogP contribution >= 0.6 is 11.3 Å². The second-order valence-corrected chi connectivity index (χ2v) is 9.19. The Balaban J connectivity index is 1.70. The molecular formula is C28H29N3O4S. The minimum atomic E-state index is -0.729. The molecule has 2 aromatic carbocycles. The number of allylic oxidation sites excluding steroid dienone is 1. The molecule has 2 atom stereocenters. The number of aromatic nitrogens is 1. The zero-order valence-corrected chi connectivity index (χ0v) is 21.6. The van der Waals surface area contributed by atoms with E-state index in [0.717, 1.165) is 27.6 Å². The summed E-state index contributed by atoms with van der Waals surface area (Å²) in [6, 6.07) is 17.6. The monoisotopic (exact) mass is 503 g/mol. The van der Waals surface area contributed by atoms with Crippen LogP contribution in [-0.2, 0) is 19.1 Å². The van der Waals surface area contributed by atoms with Gasteiger partial charge in [0.2, 0.25) is 0 Å². The van der Waals surface area contributed by atoms with Gasteiger partial charge in [0.15, 0.2) is 5.13 Å². The summed E-state index contributed by atoms with van der Waals surface area (Å²) in [5, 5.41) is 6.11. The second-order valence-electron chi connectivity index (χ2n) is 8.33. The number of nitrogens with zero attached hydrogens (tertiary/aromatic N) is 2. The number of thiazole rings is 1. The molecule has 0 fully saturated rings. The lowest BCUT2D eigenvalue weighted by atomic mass is 9.75. The first-order valence-electron chi connectivity index (χ1n) is 11.9. The Bertz CT molecular complexity index is 1310. The van der Waals surface area contributed by atoms with E-state index in [1.54, 1.807) is 27.7 Å². The van der Waals surface area contributed by atoms with E-state index in [1.807, 2.05) is 60.0 Å². The van der Waals surface area contributed by atoms with Gasteiger partial charge in [-0.25, -0.2) is 9.78 Å². The maximum atomic E-state index is 13.0. The number of nitrogens with one attached hydrogen (secondary N) is 1. The summed E-state index contributed by atoms with van der Waals surface area (Å²) >= 11 is 1.51. The van der Waals surface area contributed by atoms with Crippen molar-refractivity contribution in [2.45, 2.75) is 33.6 Å². The molecule has 7 nitrogen and oxygen atoms in total. The molecule has 0 aliphatic carbocycles. The smallest absolute Gasteiger partial charge is 0.336 e. The number of esters is 2. The van der Waals surface area contributed by atoms with Gasteiger partial charge in [0.25, 0.3) is 0 Å². The predicted octanol–water partition coefficient (Wildman–Crippen LogP) is 6.13. The van der Waals surface area contributed by atoms with E-state index < -0.39 is 23.8 Å². The lowest BCUT2D eigenvalue weighted by molar-refractivity contribution is -0.146. The molecule has 1 aliphatic heterocycles. The SMILES string of the molecule is CCOC(=O)C1=C(C)N=C(C)C(C(=O)OCC)C1c1cccc(Nc2nc(-c3ccccc3)cs2)c1. The van der Waals surface area contributed by atoms with Crippen molar-refractivity contribution < 1.29 is 19.1 Å². The van der Waals surface area contributed by atoms with E-state index in [-0.39, 0.29) is 13.2 Å². The fourth-order valence-electron chi connectivity index (χ4n) is 4.41. The normalized spacial score (nSPS) is 17.4. The largest absolute Gasteiger partial charge is 0.465 e. The van der Waals surface area contributed by atoms with Crippen molar-refractivity contribution in [1.82, 2.24) is 4.98 Å². The van der Waals surface area contributed by atoms with Crippen molar-refractivity contribution in [2.24, 2.45) is 10.9 Å². The highest BCUT2D eigenvalue weighted by molar-refractivity contribution is 7.14. The molecule has 1 N–H and O–H groups in total. The average Bonchev–Trinajstić information content (AvgIpc) is 3.33. The molecule has 0 amide bonds. The van der Waals surface area contributed by atoms with Gasteiger partial charge in [0.1, 0.15) is 5.92 Å². The third kappa shape index (κ3) is 5.39. The molecule has 0 spiro atoms. The molecule has 1 aliphatic rings. The number of carbonyl (C=O) groups is 2. The molecule has 2 heterocycles. The second kappa shape index (κ2) is 11.3. The summed E-state index contributed by atoms with van der Waals surface area (Å²) in [5.41, 5.74) is 5.04. The van der Waals surface area contributed by atoms with Crippen LogP contribution in [0.2, 0.25) is 0 Å². The molecule has 1 aromatic heterocycles. The lowest BCUT2D eigenvalue weighted by Gasteiger charge is -2.31. The quantitative estimate of drug-likeness (QED) is 0.372. The van der Waals surface area contributed by atoms with Crippen LogP contribution in [0.1, 0.15) is 39.2 Å². The number of anilines is 2. The highest BCUT2D eigenvalue weighted by Gasteiger charge is 2.42. The van der Waals surface area contributed by atoms with E-state index in [1.165, 1.54) is 11.3 Å². The highest BCUT2D eigenvalue weighted by Crippen LogP contribution is 2.41. The van der Waals surface area contributed by atoms with Crippen LogP contribution in [0.4, 0.5) is 10.8 Å². The summed E-state index contributed by atoms with van der Waals surface area (Å²) < 4.78 is 10.7. The van der Waals surface area contributed by atoms with Crippen molar-refractivity contribution in [3.8, 4) is 11.3 Å². The number of hydrogen-bond acceptors (Lipinski definition) is 8. The van der Waals surface area contributed by atoms with Crippen LogP contribution in [0.5, 0.6) is 0 Å². The minimum Gasteiger partial charge on any atom is -0.465 e. The minimum absolute atomic E-state index is 0.227. The van der Waals surface area contributed by atoms with E-state index in [9.17, 15) is 9.59 Å². The van der Waals surface area contributed by atoms with Crippen LogP contribution in [0.3, 0.4) is 0 Å². The number of benzene rings is 2. The van der Waals surface area contributed by atoms with E-state index in [4.69, 9.17) is 14.5 Å². The van der Waals surface area contributed by atoms with E-state index in [2.05, 4.69) is 10.3 Å². The van der Waals surface area contributed by atoms with Crippen LogP contribution in [0, 0.1) is 5.92 Å². The molecule has 4 rings (SSSR count). The van der Waals surface area contributed by atoms with Gasteiger partial charge in [0.05, 0.1) is 24.5 Å². The maximum absolute atomic E-state index is 13.0. The first-order valence-corrected chi connectivity index (χ1v) is 12.8. The van der Waals surface area contributed by atoms with Crippen molar-refractivity contribution >= 4 is 39.8 Å². The first-order chi connectivity index (χ1) is 17.4. The van der Waals surface area contributed by atoms with Gasteiger partial charge in [-0.05, 0) is 45.4 Å². The fourth-order valence-corrected chi connectivity index (χ4v) is 5.15. The standard InChI is InChI=1S/C28H29N3O4S/c1-5-34-26(32)23-17(3)29-18(4)24(27(33)35-6-2)25(23)20-13-10-14-21(15-20)30-28-31-22(16-36-28)19-11-8-7-9-12-19/h7-16,23,25H,5-6H2,1-4H3,(H,30,31). The van der Waals surface area contributed by atoms with Crippen LogP contribution < -0.4 is 5.32 Å². The van der Waals surface area contributed by atoms with Crippen LogP contribution in [0.15, 0.2) is 76.2 Å². The Morgan fingerprint density at radius 3 is 2.47 bits per heavy atom. The first kappa shape index (κ1) is 25.3. The molecule has 8 heteroatoms. The van der Waals surface area contributed by atoms with Crippen LogP contribution in [0.25, 0.3) is 11.3 Å². The van der Waals surface area contributed by atoms with Crippen molar-refractivity contribution in [3.63, 3.8) is 0 Å². The van der Waals surface area contributed by atoms with Crippen molar-refractivity contribution in [2.75, 3.05) is 18.5 Å². The zero-order valence-electron chi connectivity index (χ0n) is 20.8. The highest BCUT2D eigenvalue weighted by atomic mass is 32.1. The van der Waals surface area contributed by atoms with Gasteiger partial charge in [-0.1, -0.05) is 42.5 Å². The Hall–Kier alpha value is -3.78. The maximum Gasteiger partial charge on any atom is 0.336 e. The number of aliphatic imine (C=N–C) groups is 1. The Morgan fingerprint density at radius 2 is 1.75 bits per heavy atom. The number of ether oxygens (including phenoxy) is 2. The predicted molar refractivity (Wildman–Crippen MR) is 143 cm³/mol. The molecule has 0 bridgehead atoms. The number of carbonyl (C=O) groups excluding carboxylic acids is 2. The van der Waals surface area contributed by atoms with Gasteiger partial charge in [-0.15, -0.1) is 11.3 Å². The summed E-state index contributed by atoms with van der Waals surface area (Å²) in [7, 11) is 0. The van der Waals surface area contributed by atoms with Crippen LogP contribution in [-0.4, -0.2) is 35.8 Å². The van der Waals surface area contributed by atoms with Gasteiger partial charge >= 0.3 is 11.9 Å². The number of rotatable bonds is 8. The van der Waals surface area contributed by atoms with Crippen molar-refractivity contribution in [1.29, 1.82) is 0 Å². The van der Waals surface area contributed by atoms with Gasteiger partial charge in [0, 0.05) is 34.0 Å². The molecule has 186 valence electrons. The van der Waals surface area contributed by atoms with Gasteiger partial charge in [-0.2, -0.15) is 0 Å². The van der Waals surface area contributed by atoms with E-state index in [0.29, 0.717) is 17.0 Å². The van der Waals surface area contributed by atoms with Crippen molar-refractivity contribution in [3.05, 3.63) is 76.8 Å². The summed E-state index contributed by atoms with van der Waals surface area (Å²) in [6.07, 6.45) is 0. The summed E-state index contributed by atoms with van der Waals surface area (Å²) in [4.78, 5) is 35.3. The lowest BCUT2D eigenvalue weighted by Crippen LogP contribution is -2.36.